The highest BCUT2D eigenvalue weighted by atomic mass is 15.2. The van der Waals surface area contributed by atoms with E-state index in [0.717, 1.165) is 25.0 Å². The molecule has 0 aromatic rings. The highest BCUT2D eigenvalue weighted by molar-refractivity contribution is 4.77. The van der Waals surface area contributed by atoms with Crippen molar-refractivity contribution in [3.8, 4) is 0 Å². The van der Waals surface area contributed by atoms with Gasteiger partial charge in [-0.2, -0.15) is 0 Å². The Morgan fingerprint density at radius 1 is 1.31 bits per heavy atom. The Kier molecular flexibility index (Phi) is 6.32. The molecule has 1 N–H and O–H groups in total. The molecule has 16 heavy (non-hydrogen) atoms. The molecule has 0 spiro atoms. The first-order chi connectivity index (χ1) is 7.63. The summed E-state index contributed by atoms with van der Waals surface area (Å²) < 4.78 is 0. The van der Waals surface area contributed by atoms with Gasteiger partial charge < -0.3 is 15.1 Å². The second-order valence-electron chi connectivity index (χ2n) is 5.41. The quantitative estimate of drug-likeness (QED) is 0.737. The summed E-state index contributed by atoms with van der Waals surface area (Å²) in [5.41, 5.74) is 0. The Hall–Kier alpha value is -0.120. The van der Waals surface area contributed by atoms with Crippen LogP contribution in [-0.4, -0.2) is 62.7 Å². The van der Waals surface area contributed by atoms with Crippen LogP contribution in [0.15, 0.2) is 0 Å². The first kappa shape index (κ1) is 13.9. The van der Waals surface area contributed by atoms with Gasteiger partial charge in [0.15, 0.2) is 0 Å². The smallest absolute Gasteiger partial charge is 0.0113 e. The molecule has 0 aliphatic carbocycles. The zero-order valence-corrected chi connectivity index (χ0v) is 11.5. The van der Waals surface area contributed by atoms with Crippen LogP contribution in [0.2, 0.25) is 0 Å². The molecule has 1 saturated heterocycles. The largest absolute Gasteiger partial charge is 0.317 e. The van der Waals surface area contributed by atoms with E-state index in [9.17, 15) is 0 Å². The third-order valence-electron chi connectivity index (χ3n) is 3.60. The van der Waals surface area contributed by atoms with Gasteiger partial charge in [0, 0.05) is 12.6 Å². The van der Waals surface area contributed by atoms with Crippen LogP contribution in [0.1, 0.15) is 26.7 Å². The van der Waals surface area contributed by atoms with Crippen LogP contribution in [0, 0.1) is 5.92 Å². The molecule has 3 heteroatoms. The average Bonchev–Trinajstić information content (AvgIpc) is 2.27. The lowest BCUT2D eigenvalue weighted by Gasteiger charge is -2.36. The number of rotatable bonds is 6. The average molecular weight is 227 g/mol. The molecular formula is C13H29N3. The Bertz CT molecular complexity index is 174. The van der Waals surface area contributed by atoms with Crippen molar-refractivity contribution in [2.75, 3.05) is 46.8 Å². The Balaban J connectivity index is 2.16. The van der Waals surface area contributed by atoms with Crippen molar-refractivity contribution >= 4 is 0 Å². The van der Waals surface area contributed by atoms with Crippen molar-refractivity contribution < 1.29 is 0 Å². The first-order valence-electron chi connectivity index (χ1n) is 6.73. The summed E-state index contributed by atoms with van der Waals surface area (Å²) in [5, 5.41) is 3.43. The van der Waals surface area contributed by atoms with Gasteiger partial charge in [0.1, 0.15) is 0 Å². The van der Waals surface area contributed by atoms with E-state index in [2.05, 4.69) is 43.1 Å². The number of hydrogen-bond acceptors (Lipinski definition) is 3. The van der Waals surface area contributed by atoms with E-state index >= 15 is 0 Å². The minimum Gasteiger partial charge on any atom is -0.317 e. The summed E-state index contributed by atoms with van der Waals surface area (Å²) >= 11 is 0. The fraction of sp³-hybridized carbons (Fsp3) is 1.00. The lowest BCUT2D eigenvalue weighted by atomic mass is 10.0. The van der Waals surface area contributed by atoms with Crippen molar-refractivity contribution in [1.82, 2.24) is 15.1 Å². The van der Waals surface area contributed by atoms with Crippen LogP contribution < -0.4 is 5.32 Å². The van der Waals surface area contributed by atoms with Gasteiger partial charge in [0.05, 0.1) is 0 Å². The summed E-state index contributed by atoms with van der Waals surface area (Å²) in [6, 6.07) is 0.806. The van der Waals surface area contributed by atoms with Gasteiger partial charge in [-0.3, -0.25) is 0 Å². The number of hydrogen-bond donors (Lipinski definition) is 1. The van der Waals surface area contributed by atoms with E-state index in [4.69, 9.17) is 0 Å². The standard InChI is InChI=1S/C13H29N3/c1-5-14-10-12(2)11-16-8-6-13(7-9-16)15(3)4/h12-14H,5-11H2,1-4H3. The van der Waals surface area contributed by atoms with Crippen molar-refractivity contribution in [3.63, 3.8) is 0 Å². The van der Waals surface area contributed by atoms with Crippen LogP contribution >= 0.6 is 0 Å². The molecule has 1 rings (SSSR count). The molecule has 1 atom stereocenters. The van der Waals surface area contributed by atoms with Crippen molar-refractivity contribution in [2.24, 2.45) is 5.92 Å². The lowest BCUT2D eigenvalue weighted by Crippen LogP contribution is -2.44. The predicted molar refractivity (Wildman–Crippen MR) is 70.9 cm³/mol. The van der Waals surface area contributed by atoms with E-state index in [1.807, 2.05) is 0 Å². The normalized spacial score (nSPS) is 21.6. The number of likely N-dealkylation sites (tertiary alicyclic amines) is 1. The second-order valence-corrected chi connectivity index (χ2v) is 5.41. The topological polar surface area (TPSA) is 18.5 Å². The van der Waals surface area contributed by atoms with E-state index < -0.39 is 0 Å². The molecule has 1 unspecified atom stereocenters. The van der Waals surface area contributed by atoms with E-state index in [0.29, 0.717) is 0 Å². The Labute approximate surface area is 101 Å². The molecule has 0 saturated carbocycles. The van der Waals surface area contributed by atoms with Crippen LogP contribution in [0.5, 0.6) is 0 Å². The van der Waals surface area contributed by atoms with Crippen LogP contribution in [-0.2, 0) is 0 Å². The Morgan fingerprint density at radius 3 is 2.44 bits per heavy atom. The third kappa shape index (κ3) is 4.81. The van der Waals surface area contributed by atoms with Crippen LogP contribution in [0.3, 0.4) is 0 Å². The minimum atomic E-state index is 0.774. The minimum absolute atomic E-state index is 0.774. The third-order valence-corrected chi connectivity index (χ3v) is 3.60. The maximum Gasteiger partial charge on any atom is 0.0113 e. The fourth-order valence-electron chi connectivity index (χ4n) is 2.51. The van der Waals surface area contributed by atoms with Gasteiger partial charge in [-0.25, -0.2) is 0 Å². The van der Waals surface area contributed by atoms with Gasteiger partial charge in [-0.15, -0.1) is 0 Å². The van der Waals surface area contributed by atoms with E-state index in [1.54, 1.807) is 0 Å². The summed E-state index contributed by atoms with van der Waals surface area (Å²) in [4.78, 5) is 5.00. The van der Waals surface area contributed by atoms with Crippen LogP contribution in [0.4, 0.5) is 0 Å². The van der Waals surface area contributed by atoms with Gasteiger partial charge in [0.25, 0.3) is 0 Å². The molecule has 96 valence electrons. The summed E-state index contributed by atoms with van der Waals surface area (Å²) in [6.45, 7) is 10.6. The zero-order valence-electron chi connectivity index (χ0n) is 11.5. The molecule has 1 heterocycles. The van der Waals surface area contributed by atoms with Crippen LogP contribution in [0.25, 0.3) is 0 Å². The number of nitrogens with zero attached hydrogens (tertiary/aromatic N) is 2. The highest BCUT2D eigenvalue weighted by Gasteiger charge is 2.21. The maximum absolute atomic E-state index is 3.43. The molecular weight excluding hydrogens is 198 g/mol. The molecule has 3 nitrogen and oxygen atoms in total. The molecule has 0 radical (unpaired) electrons. The van der Waals surface area contributed by atoms with Gasteiger partial charge in [-0.1, -0.05) is 13.8 Å². The molecule has 1 fully saturated rings. The summed E-state index contributed by atoms with van der Waals surface area (Å²) in [6.07, 6.45) is 2.67. The van der Waals surface area contributed by atoms with Gasteiger partial charge in [0.2, 0.25) is 0 Å². The number of piperidine rings is 1. The second kappa shape index (κ2) is 7.25. The highest BCUT2D eigenvalue weighted by Crippen LogP contribution is 2.15. The summed E-state index contributed by atoms with van der Waals surface area (Å²) in [5.74, 6) is 0.774. The molecule has 1 aliphatic rings. The molecule has 0 amide bonds. The van der Waals surface area contributed by atoms with Crippen molar-refractivity contribution in [3.05, 3.63) is 0 Å². The monoisotopic (exact) mass is 227 g/mol. The zero-order chi connectivity index (χ0) is 12.0. The predicted octanol–water partition coefficient (Wildman–Crippen LogP) is 1.26. The molecule has 0 aromatic heterocycles. The first-order valence-corrected chi connectivity index (χ1v) is 6.73. The SMILES string of the molecule is CCNCC(C)CN1CCC(N(C)C)CC1. The maximum atomic E-state index is 3.43. The van der Waals surface area contributed by atoms with E-state index in [-0.39, 0.29) is 0 Å². The molecule has 0 aromatic carbocycles. The molecule has 1 aliphatic heterocycles. The number of nitrogens with one attached hydrogen (secondary N) is 1. The Morgan fingerprint density at radius 2 is 1.94 bits per heavy atom. The van der Waals surface area contributed by atoms with Crippen molar-refractivity contribution in [2.45, 2.75) is 32.7 Å². The van der Waals surface area contributed by atoms with Crippen molar-refractivity contribution in [1.29, 1.82) is 0 Å². The van der Waals surface area contributed by atoms with Gasteiger partial charge >= 0.3 is 0 Å². The van der Waals surface area contributed by atoms with Gasteiger partial charge in [-0.05, 0) is 59.0 Å². The fourth-order valence-corrected chi connectivity index (χ4v) is 2.51. The summed E-state index contributed by atoms with van der Waals surface area (Å²) in [7, 11) is 4.40. The molecule has 0 bridgehead atoms. The van der Waals surface area contributed by atoms with E-state index in [1.165, 1.54) is 32.5 Å². The lowest BCUT2D eigenvalue weighted by molar-refractivity contribution is 0.132.